The van der Waals surface area contributed by atoms with Crippen molar-refractivity contribution in [1.82, 2.24) is 4.57 Å². The van der Waals surface area contributed by atoms with Crippen LogP contribution in [0, 0.1) is 12.7 Å². The molecule has 0 saturated carbocycles. The molecule has 1 heterocycles. The lowest BCUT2D eigenvalue weighted by Crippen LogP contribution is -2.33. The molecule has 1 aromatic heterocycles. The third-order valence-electron chi connectivity index (χ3n) is 7.29. The topological polar surface area (TPSA) is 48.0 Å². The third-order valence-corrected chi connectivity index (χ3v) is 7.29. The molecule has 4 rings (SSSR count). The highest BCUT2D eigenvalue weighted by molar-refractivity contribution is 5.95. The lowest BCUT2D eigenvalue weighted by Gasteiger charge is -2.42. The Labute approximate surface area is 190 Å². The first kappa shape index (κ1) is 22.3. The molecule has 1 aliphatic carbocycles. The summed E-state index contributed by atoms with van der Waals surface area (Å²) in [4.78, 5) is 12.1. The molecule has 0 atom stereocenters. The van der Waals surface area contributed by atoms with Crippen molar-refractivity contribution in [2.75, 3.05) is 0 Å². The molecule has 0 radical (unpaired) electrons. The molecule has 1 amide bonds. The van der Waals surface area contributed by atoms with E-state index >= 15 is 0 Å². The van der Waals surface area contributed by atoms with Crippen molar-refractivity contribution in [1.29, 1.82) is 0 Å². The van der Waals surface area contributed by atoms with Crippen LogP contribution in [-0.2, 0) is 23.8 Å². The minimum Gasteiger partial charge on any atom is -0.366 e. The summed E-state index contributed by atoms with van der Waals surface area (Å²) >= 11 is 0. The Morgan fingerprint density at radius 3 is 2.34 bits per heavy atom. The molecule has 3 aromatic rings. The highest BCUT2D eigenvalue weighted by atomic mass is 19.1. The number of primary amides is 1. The lowest BCUT2D eigenvalue weighted by atomic mass is 9.63. The fourth-order valence-electron chi connectivity index (χ4n) is 5.10. The molecule has 0 unspecified atom stereocenters. The normalized spacial score (nSPS) is 16.6. The summed E-state index contributed by atoms with van der Waals surface area (Å²) in [6.45, 7) is 11.8. The van der Waals surface area contributed by atoms with E-state index in [2.05, 4.69) is 50.5 Å². The average Bonchev–Trinajstić information content (AvgIpc) is 3.06. The van der Waals surface area contributed by atoms with E-state index in [1.54, 1.807) is 12.1 Å². The number of nitrogens with two attached hydrogens (primary N) is 1. The Kier molecular flexibility index (Phi) is 5.52. The van der Waals surface area contributed by atoms with E-state index in [9.17, 15) is 9.18 Å². The van der Waals surface area contributed by atoms with Crippen molar-refractivity contribution in [2.24, 2.45) is 5.73 Å². The van der Waals surface area contributed by atoms with Crippen LogP contribution >= 0.6 is 0 Å². The molecule has 3 nitrogen and oxygen atoms in total. The van der Waals surface area contributed by atoms with Gasteiger partial charge in [0.1, 0.15) is 5.82 Å². The molecule has 2 aromatic carbocycles. The molecular formula is C28H33FN2O. The van der Waals surface area contributed by atoms with Gasteiger partial charge in [0.05, 0.1) is 5.56 Å². The zero-order chi connectivity index (χ0) is 23.3. The number of hydrogen-bond acceptors (Lipinski definition) is 1. The number of hydrogen-bond donors (Lipinski definition) is 1. The van der Waals surface area contributed by atoms with Crippen molar-refractivity contribution in [2.45, 2.75) is 71.3 Å². The Morgan fingerprint density at radius 1 is 1.00 bits per heavy atom. The largest absolute Gasteiger partial charge is 0.366 e. The number of aromatic nitrogens is 1. The van der Waals surface area contributed by atoms with Gasteiger partial charge in [-0.1, -0.05) is 52.0 Å². The highest BCUT2D eigenvalue weighted by Crippen LogP contribution is 2.47. The Hall–Kier alpha value is -2.88. The fraction of sp³-hybridized carbons (Fsp3) is 0.393. The van der Waals surface area contributed by atoms with Crippen molar-refractivity contribution < 1.29 is 9.18 Å². The minimum absolute atomic E-state index is 0.0986. The summed E-state index contributed by atoms with van der Waals surface area (Å²) < 4.78 is 15.8. The van der Waals surface area contributed by atoms with Gasteiger partial charge in [0.15, 0.2) is 0 Å². The predicted molar refractivity (Wildman–Crippen MR) is 129 cm³/mol. The van der Waals surface area contributed by atoms with Gasteiger partial charge < -0.3 is 10.3 Å². The number of carbonyl (C=O) groups is 1. The Bertz CT molecular complexity index is 1190. The van der Waals surface area contributed by atoms with E-state index < -0.39 is 5.91 Å². The van der Waals surface area contributed by atoms with Gasteiger partial charge in [-0.2, -0.15) is 0 Å². The van der Waals surface area contributed by atoms with Crippen LogP contribution in [0.25, 0.3) is 11.3 Å². The first-order valence-corrected chi connectivity index (χ1v) is 11.4. The van der Waals surface area contributed by atoms with Gasteiger partial charge in [-0.25, -0.2) is 4.39 Å². The van der Waals surface area contributed by atoms with Gasteiger partial charge in [-0.15, -0.1) is 0 Å². The van der Waals surface area contributed by atoms with Gasteiger partial charge in [0.2, 0.25) is 0 Å². The van der Waals surface area contributed by atoms with Crippen LogP contribution in [0.2, 0.25) is 0 Å². The number of halogens is 1. The van der Waals surface area contributed by atoms with E-state index in [1.807, 2.05) is 19.1 Å². The van der Waals surface area contributed by atoms with Crippen LogP contribution in [0.15, 0.2) is 48.5 Å². The maximum atomic E-state index is 13.7. The van der Waals surface area contributed by atoms with Crippen molar-refractivity contribution in [3.63, 3.8) is 0 Å². The van der Waals surface area contributed by atoms with Gasteiger partial charge in [0.25, 0.3) is 5.91 Å². The van der Waals surface area contributed by atoms with E-state index in [0.717, 1.165) is 28.9 Å². The predicted octanol–water partition coefficient (Wildman–Crippen LogP) is 6.29. The molecular weight excluding hydrogens is 399 g/mol. The van der Waals surface area contributed by atoms with Crippen LogP contribution in [0.4, 0.5) is 4.39 Å². The number of benzene rings is 2. The summed E-state index contributed by atoms with van der Waals surface area (Å²) in [5.74, 6) is -0.656. The van der Waals surface area contributed by atoms with Crippen LogP contribution < -0.4 is 5.73 Å². The number of carbonyl (C=O) groups excluding carboxylic acids is 1. The first-order valence-electron chi connectivity index (χ1n) is 11.4. The fourth-order valence-corrected chi connectivity index (χ4v) is 5.10. The van der Waals surface area contributed by atoms with E-state index in [-0.39, 0.29) is 16.6 Å². The second-order valence-electron chi connectivity index (χ2n) is 10.5. The van der Waals surface area contributed by atoms with Gasteiger partial charge in [-0.05, 0) is 83.5 Å². The summed E-state index contributed by atoms with van der Waals surface area (Å²) in [5.41, 5.74) is 13.1. The highest BCUT2D eigenvalue weighted by Gasteiger charge is 2.37. The number of amides is 1. The second kappa shape index (κ2) is 7.91. The van der Waals surface area contributed by atoms with Crippen LogP contribution in [-0.4, -0.2) is 10.5 Å². The van der Waals surface area contributed by atoms with Gasteiger partial charge in [-0.3, -0.25) is 4.79 Å². The molecule has 1 aliphatic rings. The molecule has 32 heavy (non-hydrogen) atoms. The van der Waals surface area contributed by atoms with Gasteiger partial charge in [0, 0.05) is 17.9 Å². The molecule has 4 heteroatoms. The first-order chi connectivity index (χ1) is 15.0. The molecule has 0 spiro atoms. The number of nitrogens with zero attached hydrogens (tertiary/aromatic N) is 1. The maximum Gasteiger partial charge on any atom is 0.250 e. The quantitative estimate of drug-likeness (QED) is 0.506. The van der Waals surface area contributed by atoms with Gasteiger partial charge >= 0.3 is 0 Å². The number of aryl methyl sites for hydroxylation is 1. The summed E-state index contributed by atoms with van der Waals surface area (Å²) in [6, 6.07) is 15.3. The molecule has 168 valence electrons. The molecule has 0 aliphatic heterocycles. The summed E-state index contributed by atoms with van der Waals surface area (Å²) in [7, 11) is 0. The lowest BCUT2D eigenvalue weighted by molar-refractivity contribution is 0.0999. The van der Waals surface area contributed by atoms with Crippen LogP contribution in [0.3, 0.4) is 0 Å². The number of rotatable bonds is 5. The van der Waals surface area contributed by atoms with Crippen LogP contribution in [0.5, 0.6) is 0 Å². The van der Waals surface area contributed by atoms with Crippen molar-refractivity contribution in [3.05, 3.63) is 82.3 Å². The second-order valence-corrected chi connectivity index (χ2v) is 10.5. The Morgan fingerprint density at radius 2 is 1.69 bits per heavy atom. The van der Waals surface area contributed by atoms with E-state index in [0.29, 0.717) is 18.5 Å². The number of fused-ring (bicyclic) bond motifs is 1. The SMILES string of the molecule is Cc1c(C(N)=O)cc(-c2ccc3c(c2)C(C)(C)CCC3(C)C)n1CCc1cccc(F)c1. The van der Waals surface area contributed by atoms with Crippen molar-refractivity contribution >= 4 is 5.91 Å². The van der Waals surface area contributed by atoms with E-state index in [1.165, 1.54) is 23.6 Å². The zero-order valence-corrected chi connectivity index (χ0v) is 19.8. The zero-order valence-electron chi connectivity index (χ0n) is 19.8. The smallest absolute Gasteiger partial charge is 0.250 e. The Balaban J connectivity index is 1.80. The van der Waals surface area contributed by atoms with E-state index in [4.69, 9.17) is 5.73 Å². The summed E-state index contributed by atoms with van der Waals surface area (Å²) in [5, 5.41) is 0. The molecule has 0 fully saturated rings. The maximum absolute atomic E-state index is 13.7. The monoisotopic (exact) mass is 432 g/mol. The average molecular weight is 433 g/mol. The molecule has 0 bridgehead atoms. The molecule has 0 saturated heterocycles. The standard InChI is InChI=1S/C28H33FN2O/c1-18-22(26(30)32)17-25(31(18)14-11-19-7-6-8-21(29)15-19)20-9-10-23-24(16-20)28(4,5)13-12-27(23,2)3/h6-10,15-17H,11-14H2,1-5H3,(H2,30,32). The minimum atomic E-state index is -0.423. The molecule has 2 N–H and O–H groups in total. The van der Waals surface area contributed by atoms with Crippen LogP contribution in [0.1, 0.15) is 73.3 Å². The van der Waals surface area contributed by atoms with Crippen molar-refractivity contribution in [3.8, 4) is 11.3 Å². The summed E-state index contributed by atoms with van der Waals surface area (Å²) in [6.07, 6.45) is 2.98. The third kappa shape index (κ3) is 3.99.